The van der Waals surface area contributed by atoms with E-state index in [0.717, 1.165) is 0 Å². The van der Waals surface area contributed by atoms with Crippen LogP contribution in [0.2, 0.25) is 5.28 Å². The van der Waals surface area contributed by atoms with Crippen molar-refractivity contribution in [2.75, 3.05) is 6.61 Å². The molecule has 6 heteroatoms. The quantitative estimate of drug-likeness (QED) is 0.717. The minimum absolute atomic E-state index is 0.199. The van der Waals surface area contributed by atoms with Crippen LogP contribution in [0.1, 0.15) is 26.3 Å². The van der Waals surface area contributed by atoms with E-state index in [0.29, 0.717) is 13.0 Å². The monoisotopic (exact) mass is 217 g/mol. The molecule has 78 valence electrons. The van der Waals surface area contributed by atoms with E-state index in [1.807, 2.05) is 6.92 Å². The smallest absolute Gasteiger partial charge is 0.331 e. The Labute approximate surface area is 87.0 Å². The molecule has 0 saturated heterocycles. The number of rotatable bonds is 4. The summed E-state index contributed by atoms with van der Waals surface area (Å²) in [6.45, 7) is 3.97. The van der Waals surface area contributed by atoms with Gasteiger partial charge in [0.2, 0.25) is 5.28 Å². The number of halogens is 1. The standard InChI is InChI=1S/C8H12ClN3O2/c1-3-6(7(13)14-4-2)12-8(9)10-5-11-12/h5-6H,3-4H2,1-2H3. The third kappa shape index (κ3) is 2.23. The van der Waals surface area contributed by atoms with Crippen LogP contribution >= 0.6 is 11.6 Å². The molecular weight excluding hydrogens is 206 g/mol. The second kappa shape index (κ2) is 4.95. The van der Waals surface area contributed by atoms with Gasteiger partial charge < -0.3 is 4.74 Å². The van der Waals surface area contributed by atoms with Gasteiger partial charge in [0, 0.05) is 0 Å². The van der Waals surface area contributed by atoms with Gasteiger partial charge in [0.1, 0.15) is 6.33 Å². The number of carbonyl (C=O) groups is 1. The molecule has 0 N–H and O–H groups in total. The summed E-state index contributed by atoms with van der Waals surface area (Å²) < 4.78 is 6.25. The number of carbonyl (C=O) groups excluding carboxylic acids is 1. The predicted octanol–water partition coefficient (Wildman–Crippen LogP) is 1.45. The molecule has 0 aliphatic carbocycles. The first kappa shape index (κ1) is 11.0. The van der Waals surface area contributed by atoms with Crippen molar-refractivity contribution in [3.8, 4) is 0 Å². The molecule has 1 unspecified atom stereocenters. The molecule has 1 aromatic rings. The fourth-order valence-electron chi connectivity index (χ4n) is 1.12. The minimum atomic E-state index is -0.482. The van der Waals surface area contributed by atoms with Crippen LogP contribution in [0.4, 0.5) is 0 Å². The fraction of sp³-hybridized carbons (Fsp3) is 0.625. The second-order valence-electron chi connectivity index (χ2n) is 2.65. The summed E-state index contributed by atoms with van der Waals surface area (Å²) in [5, 5.41) is 4.06. The first-order valence-corrected chi connectivity index (χ1v) is 4.80. The Morgan fingerprint density at radius 1 is 1.71 bits per heavy atom. The Hall–Kier alpha value is -1.10. The number of nitrogens with zero attached hydrogens (tertiary/aromatic N) is 3. The molecule has 0 spiro atoms. The number of hydrogen-bond acceptors (Lipinski definition) is 4. The zero-order valence-electron chi connectivity index (χ0n) is 8.11. The number of hydrogen-bond donors (Lipinski definition) is 0. The van der Waals surface area contributed by atoms with Crippen molar-refractivity contribution < 1.29 is 9.53 Å². The van der Waals surface area contributed by atoms with Gasteiger partial charge in [-0.1, -0.05) is 6.92 Å². The third-order valence-electron chi connectivity index (χ3n) is 1.77. The average molecular weight is 218 g/mol. The summed E-state index contributed by atoms with van der Waals surface area (Å²) in [5.41, 5.74) is 0. The number of esters is 1. The fourth-order valence-corrected chi connectivity index (χ4v) is 1.33. The highest BCUT2D eigenvalue weighted by Crippen LogP contribution is 2.16. The van der Waals surface area contributed by atoms with Gasteiger partial charge in [0.15, 0.2) is 6.04 Å². The Morgan fingerprint density at radius 2 is 2.43 bits per heavy atom. The van der Waals surface area contributed by atoms with Gasteiger partial charge in [-0.05, 0) is 24.9 Å². The molecule has 0 aliphatic rings. The molecule has 0 radical (unpaired) electrons. The molecule has 0 amide bonds. The Bertz CT molecular complexity index is 313. The van der Waals surface area contributed by atoms with E-state index in [-0.39, 0.29) is 11.3 Å². The lowest BCUT2D eigenvalue weighted by Gasteiger charge is -2.13. The predicted molar refractivity (Wildman–Crippen MR) is 51.0 cm³/mol. The van der Waals surface area contributed by atoms with Crippen LogP contribution < -0.4 is 0 Å². The molecule has 0 fully saturated rings. The van der Waals surface area contributed by atoms with Crippen molar-refractivity contribution in [1.29, 1.82) is 0 Å². The van der Waals surface area contributed by atoms with Crippen LogP contribution in [-0.4, -0.2) is 27.3 Å². The molecule has 0 bridgehead atoms. The van der Waals surface area contributed by atoms with E-state index < -0.39 is 6.04 Å². The van der Waals surface area contributed by atoms with Crippen LogP contribution in [0.5, 0.6) is 0 Å². The normalized spacial score (nSPS) is 12.5. The highest BCUT2D eigenvalue weighted by molar-refractivity contribution is 6.28. The van der Waals surface area contributed by atoms with Crippen LogP contribution in [0.15, 0.2) is 6.33 Å². The van der Waals surface area contributed by atoms with Crippen molar-refractivity contribution in [3.63, 3.8) is 0 Å². The summed E-state index contributed by atoms with van der Waals surface area (Å²) in [6, 6.07) is -0.482. The minimum Gasteiger partial charge on any atom is -0.464 e. The third-order valence-corrected chi connectivity index (χ3v) is 2.04. The topological polar surface area (TPSA) is 57.0 Å². The van der Waals surface area contributed by atoms with Crippen LogP contribution in [0.25, 0.3) is 0 Å². The number of aromatic nitrogens is 3. The van der Waals surface area contributed by atoms with Crippen molar-refractivity contribution in [2.45, 2.75) is 26.3 Å². The maximum atomic E-state index is 11.5. The summed E-state index contributed by atoms with van der Waals surface area (Å²) in [7, 11) is 0. The molecule has 5 nitrogen and oxygen atoms in total. The van der Waals surface area contributed by atoms with E-state index in [9.17, 15) is 4.79 Å². The molecule has 0 aromatic carbocycles. The Morgan fingerprint density at radius 3 is 2.86 bits per heavy atom. The van der Waals surface area contributed by atoms with Crippen molar-refractivity contribution in [1.82, 2.24) is 14.8 Å². The lowest BCUT2D eigenvalue weighted by atomic mass is 10.2. The first-order valence-electron chi connectivity index (χ1n) is 4.42. The molecule has 1 heterocycles. The van der Waals surface area contributed by atoms with Gasteiger partial charge >= 0.3 is 5.97 Å². The molecule has 1 rings (SSSR count). The lowest BCUT2D eigenvalue weighted by Crippen LogP contribution is -2.22. The highest BCUT2D eigenvalue weighted by Gasteiger charge is 2.22. The van der Waals surface area contributed by atoms with Gasteiger partial charge in [-0.25, -0.2) is 14.5 Å². The molecule has 0 saturated carbocycles. The van der Waals surface area contributed by atoms with Gasteiger partial charge in [-0.15, -0.1) is 0 Å². The van der Waals surface area contributed by atoms with Crippen LogP contribution in [-0.2, 0) is 9.53 Å². The molecule has 1 aromatic heterocycles. The van der Waals surface area contributed by atoms with Crippen LogP contribution in [0.3, 0.4) is 0 Å². The van der Waals surface area contributed by atoms with Crippen molar-refractivity contribution in [2.24, 2.45) is 0 Å². The van der Waals surface area contributed by atoms with Crippen LogP contribution in [0, 0.1) is 0 Å². The zero-order valence-corrected chi connectivity index (χ0v) is 8.86. The number of ether oxygens (including phenoxy) is 1. The zero-order chi connectivity index (χ0) is 10.6. The van der Waals surface area contributed by atoms with E-state index in [1.54, 1.807) is 6.92 Å². The largest absolute Gasteiger partial charge is 0.464 e. The van der Waals surface area contributed by atoms with Gasteiger partial charge in [0.25, 0.3) is 0 Å². The van der Waals surface area contributed by atoms with Crippen molar-refractivity contribution >= 4 is 17.6 Å². The lowest BCUT2D eigenvalue weighted by molar-refractivity contribution is -0.147. The average Bonchev–Trinajstić information content (AvgIpc) is 2.54. The first-order chi connectivity index (χ1) is 6.70. The maximum absolute atomic E-state index is 11.5. The molecule has 0 aliphatic heterocycles. The Balaban J connectivity index is 2.82. The van der Waals surface area contributed by atoms with E-state index >= 15 is 0 Å². The van der Waals surface area contributed by atoms with Gasteiger partial charge in [0.05, 0.1) is 6.61 Å². The maximum Gasteiger partial charge on any atom is 0.331 e. The summed E-state index contributed by atoms with van der Waals surface area (Å²) in [5.74, 6) is -0.331. The van der Waals surface area contributed by atoms with Gasteiger partial charge in [-0.3, -0.25) is 0 Å². The van der Waals surface area contributed by atoms with E-state index in [4.69, 9.17) is 16.3 Å². The summed E-state index contributed by atoms with van der Waals surface area (Å²) in [4.78, 5) is 15.2. The molecule has 14 heavy (non-hydrogen) atoms. The SMILES string of the molecule is CCOC(=O)C(CC)n1ncnc1Cl. The van der Waals surface area contributed by atoms with Gasteiger partial charge in [-0.2, -0.15) is 5.10 Å². The molecule has 1 atom stereocenters. The Kier molecular flexibility index (Phi) is 3.88. The second-order valence-corrected chi connectivity index (χ2v) is 2.99. The summed E-state index contributed by atoms with van der Waals surface area (Å²) in [6.07, 6.45) is 1.88. The summed E-state index contributed by atoms with van der Waals surface area (Å²) >= 11 is 5.74. The van der Waals surface area contributed by atoms with Crippen molar-refractivity contribution in [3.05, 3.63) is 11.6 Å². The van der Waals surface area contributed by atoms with E-state index in [2.05, 4.69) is 10.1 Å². The van der Waals surface area contributed by atoms with E-state index in [1.165, 1.54) is 11.0 Å². The molecular formula is C8H12ClN3O2. The highest BCUT2D eigenvalue weighted by atomic mass is 35.5.